The zero-order valence-corrected chi connectivity index (χ0v) is 6.40. The first kappa shape index (κ1) is 6.02. The van der Waals surface area contributed by atoms with E-state index in [-0.39, 0.29) is 0 Å². The Morgan fingerprint density at radius 3 is 2.88 bits per heavy atom. The normalized spacial score (nSPS) is 19.8. The highest BCUT2D eigenvalue weighted by Crippen LogP contribution is 2.12. The van der Waals surface area contributed by atoms with Crippen LogP contribution in [0, 0.1) is 0 Å². The number of halogens is 1. The maximum atomic E-state index is 4.21. The van der Waals surface area contributed by atoms with E-state index in [0.29, 0.717) is 0 Å². The van der Waals surface area contributed by atoms with Crippen LogP contribution >= 0.6 is 15.9 Å². The van der Waals surface area contributed by atoms with Crippen LogP contribution in [0.2, 0.25) is 0 Å². The fourth-order valence-corrected chi connectivity index (χ4v) is 1.00. The molecule has 1 aliphatic rings. The average molecular weight is 174 g/mol. The van der Waals surface area contributed by atoms with E-state index in [4.69, 9.17) is 0 Å². The molecule has 0 spiro atoms. The third-order valence-electron chi connectivity index (χ3n) is 1.15. The Bertz CT molecular complexity index is 129. The van der Waals surface area contributed by atoms with Gasteiger partial charge in [-0.15, -0.1) is 0 Å². The predicted octanol–water partition coefficient (Wildman–Crippen LogP) is 2.13. The third-order valence-corrected chi connectivity index (χ3v) is 2.04. The molecule has 44 valence electrons. The Labute approximate surface area is 57.6 Å². The highest BCUT2D eigenvalue weighted by atomic mass is 79.9. The largest absolute Gasteiger partial charge is 0.289 e. The highest BCUT2D eigenvalue weighted by Gasteiger charge is 1.99. The quantitative estimate of drug-likeness (QED) is 0.533. The first-order valence-electron chi connectivity index (χ1n) is 2.68. The van der Waals surface area contributed by atoms with E-state index in [1.165, 1.54) is 0 Å². The van der Waals surface area contributed by atoms with Crippen LogP contribution in [0.3, 0.4) is 0 Å². The second kappa shape index (κ2) is 2.44. The molecule has 0 aromatic carbocycles. The van der Waals surface area contributed by atoms with Crippen LogP contribution < -0.4 is 0 Å². The van der Waals surface area contributed by atoms with Gasteiger partial charge in [-0.25, -0.2) is 0 Å². The molecule has 0 bridgehead atoms. The SMILES string of the molecule is CC1=NCCC=C1Br. The Balaban J connectivity index is 2.73. The first-order valence-corrected chi connectivity index (χ1v) is 3.47. The molecule has 1 nitrogen and oxygen atoms in total. The van der Waals surface area contributed by atoms with Crippen molar-refractivity contribution in [1.29, 1.82) is 0 Å². The lowest BCUT2D eigenvalue weighted by Gasteiger charge is -2.03. The molecule has 8 heavy (non-hydrogen) atoms. The smallest absolute Gasteiger partial charge is 0.0456 e. The van der Waals surface area contributed by atoms with Gasteiger partial charge in [0, 0.05) is 16.7 Å². The Morgan fingerprint density at radius 1 is 1.75 bits per heavy atom. The summed E-state index contributed by atoms with van der Waals surface area (Å²) in [6.45, 7) is 2.97. The van der Waals surface area contributed by atoms with E-state index in [1.807, 2.05) is 6.92 Å². The van der Waals surface area contributed by atoms with Crippen LogP contribution in [0.5, 0.6) is 0 Å². The topological polar surface area (TPSA) is 12.4 Å². The van der Waals surface area contributed by atoms with Crippen LogP contribution in [0.15, 0.2) is 15.6 Å². The number of nitrogens with zero attached hydrogens (tertiary/aromatic N) is 1. The molecule has 0 aromatic heterocycles. The van der Waals surface area contributed by atoms with E-state index >= 15 is 0 Å². The summed E-state index contributed by atoms with van der Waals surface area (Å²) in [5.41, 5.74) is 1.12. The minimum Gasteiger partial charge on any atom is -0.289 e. The van der Waals surface area contributed by atoms with Gasteiger partial charge < -0.3 is 0 Å². The van der Waals surface area contributed by atoms with Gasteiger partial charge in [-0.3, -0.25) is 4.99 Å². The summed E-state index contributed by atoms with van der Waals surface area (Å²) in [4.78, 5) is 4.21. The fraction of sp³-hybridized carbons (Fsp3) is 0.500. The van der Waals surface area contributed by atoms with Gasteiger partial charge in [0.2, 0.25) is 0 Å². The lowest BCUT2D eigenvalue weighted by Crippen LogP contribution is -1.98. The minimum absolute atomic E-state index is 0.959. The molecule has 0 aromatic rings. The second-order valence-electron chi connectivity index (χ2n) is 1.81. The van der Waals surface area contributed by atoms with Crippen molar-refractivity contribution < 1.29 is 0 Å². The second-order valence-corrected chi connectivity index (χ2v) is 2.66. The molecular weight excluding hydrogens is 166 g/mol. The monoisotopic (exact) mass is 173 g/mol. The van der Waals surface area contributed by atoms with E-state index in [2.05, 4.69) is 27.0 Å². The lowest BCUT2D eigenvalue weighted by molar-refractivity contribution is 0.989. The predicted molar refractivity (Wildman–Crippen MR) is 39.6 cm³/mol. The lowest BCUT2D eigenvalue weighted by atomic mass is 10.2. The van der Waals surface area contributed by atoms with Crippen LogP contribution in [0.4, 0.5) is 0 Å². The Morgan fingerprint density at radius 2 is 2.50 bits per heavy atom. The molecule has 2 heteroatoms. The molecule has 0 N–H and O–H groups in total. The van der Waals surface area contributed by atoms with Crippen molar-refractivity contribution in [1.82, 2.24) is 0 Å². The van der Waals surface area contributed by atoms with Crippen molar-refractivity contribution in [3.8, 4) is 0 Å². The van der Waals surface area contributed by atoms with Crippen LogP contribution in [0.1, 0.15) is 13.3 Å². The Hall–Kier alpha value is -0.110. The van der Waals surface area contributed by atoms with Crippen molar-refractivity contribution in [3.05, 3.63) is 10.6 Å². The molecular formula is C6H8BrN. The molecule has 0 aliphatic carbocycles. The van der Waals surface area contributed by atoms with Gasteiger partial charge in [0.05, 0.1) is 0 Å². The van der Waals surface area contributed by atoms with Crippen molar-refractivity contribution in [3.63, 3.8) is 0 Å². The molecule has 0 unspecified atom stereocenters. The molecule has 1 rings (SSSR count). The van der Waals surface area contributed by atoms with Crippen LogP contribution in [-0.2, 0) is 0 Å². The van der Waals surface area contributed by atoms with Crippen LogP contribution in [0.25, 0.3) is 0 Å². The standard InChI is InChI=1S/C6H8BrN/c1-5-6(7)3-2-4-8-5/h3H,2,4H2,1H3. The Kier molecular flexibility index (Phi) is 1.84. The van der Waals surface area contributed by atoms with E-state index in [1.54, 1.807) is 0 Å². The molecule has 0 amide bonds. The van der Waals surface area contributed by atoms with Crippen LogP contribution in [-0.4, -0.2) is 12.3 Å². The van der Waals surface area contributed by atoms with Gasteiger partial charge in [0.15, 0.2) is 0 Å². The highest BCUT2D eigenvalue weighted by molar-refractivity contribution is 9.12. The van der Waals surface area contributed by atoms with Gasteiger partial charge in [0.1, 0.15) is 0 Å². The number of hydrogen-bond donors (Lipinski definition) is 0. The van der Waals surface area contributed by atoms with Gasteiger partial charge >= 0.3 is 0 Å². The number of aliphatic imine (C=N–C) groups is 1. The number of allylic oxidation sites excluding steroid dienone is 1. The van der Waals surface area contributed by atoms with Crippen molar-refractivity contribution >= 4 is 21.6 Å². The summed E-state index contributed by atoms with van der Waals surface area (Å²) in [6.07, 6.45) is 3.24. The molecule has 0 fully saturated rings. The zero-order valence-electron chi connectivity index (χ0n) is 4.82. The number of rotatable bonds is 0. The maximum Gasteiger partial charge on any atom is 0.0456 e. The summed E-state index contributed by atoms with van der Waals surface area (Å²) in [5, 5.41) is 0. The number of dihydropyridines is 1. The fourth-order valence-electron chi connectivity index (χ4n) is 0.647. The molecule has 0 saturated carbocycles. The van der Waals surface area contributed by atoms with Gasteiger partial charge in [-0.1, -0.05) is 6.08 Å². The van der Waals surface area contributed by atoms with E-state index < -0.39 is 0 Å². The zero-order chi connectivity index (χ0) is 5.98. The summed E-state index contributed by atoms with van der Waals surface area (Å²) >= 11 is 3.38. The maximum absolute atomic E-state index is 4.21. The summed E-state index contributed by atoms with van der Waals surface area (Å²) in [7, 11) is 0. The molecule has 0 saturated heterocycles. The van der Waals surface area contributed by atoms with E-state index in [0.717, 1.165) is 23.2 Å². The van der Waals surface area contributed by atoms with Gasteiger partial charge in [-0.2, -0.15) is 0 Å². The molecule has 1 aliphatic heterocycles. The summed E-state index contributed by atoms with van der Waals surface area (Å²) in [6, 6.07) is 0. The van der Waals surface area contributed by atoms with Gasteiger partial charge in [-0.05, 0) is 29.3 Å². The number of hydrogen-bond acceptors (Lipinski definition) is 1. The molecule has 0 radical (unpaired) electrons. The average Bonchev–Trinajstić information content (AvgIpc) is 1.77. The van der Waals surface area contributed by atoms with Crippen molar-refractivity contribution in [2.45, 2.75) is 13.3 Å². The molecule has 0 atom stereocenters. The first-order chi connectivity index (χ1) is 3.80. The van der Waals surface area contributed by atoms with Gasteiger partial charge in [0.25, 0.3) is 0 Å². The van der Waals surface area contributed by atoms with E-state index in [9.17, 15) is 0 Å². The van der Waals surface area contributed by atoms with Crippen molar-refractivity contribution in [2.75, 3.05) is 6.54 Å². The third kappa shape index (κ3) is 1.19. The summed E-state index contributed by atoms with van der Waals surface area (Å²) < 4.78 is 1.16. The summed E-state index contributed by atoms with van der Waals surface area (Å²) in [5.74, 6) is 0. The molecule has 1 heterocycles. The van der Waals surface area contributed by atoms with Crippen molar-refractivity contribution in [2.24, 2.45) is 4.99 Å². The minimum atomic E-state index is 0.959.